The van der Waals surface area contributed by atoms with Gasteiger partial charge in [0.2, 0.25) is 0 Å². The molecule has 0 atom stereocenters. The monoisotopic (exact) mass is 413 g/mol. The number of unbranched alkanes of at least 4 members (excludes halogenated alkanes) is 2. The molecule has 0 saturated carbocycles. The Balaban J connectivity index is 2.72. The maximum atomic E-state index is 12.4. The van der Waals surface area contributed by atoms with Gasteiger partial charge in [0.25, 0.3) is 0 Å². The number of halogens is 1. The van der Waals surface area contributed by atoms with E-state index < -0.39 is 11.6 Å². The average molecular weight is 414 g/mol. The standard InChI is InChI=1S/C21H32ClNO5/c1-7-27-19(24)11-9-8-10-12-23(5)17-14-18(26-6)15(13-16(17)22)20(25)28-21(2,3)4/h13-14H,7-12H2,1-6H3. The number of benzene rings is 1. The number of hydrogen-bond donors (Lipinski definition) is 0. The fourth-order valence-corrected chi connectivity index (χ4v) is 2.95. The minimum absolute atomic E-state index is 0.152. The lowest BCUT2D eigenvalue weighted by Crippen LogP contribution is -2.24. The molecule has 0 N–H and O–H groups in total. The summed E-state index contributed by atoms with van der Waals surface area (Å²) in [4.78, 5) is 25.8. The summed E-state index contributed by atoms with van der Waals surface area (Å²) >= 11 is 6.42. The SMILES string of the molecule is CCOC(=O)CCCCCN(C)c1cc(OC)c(C(=O)OC(C)(C)C)cc1Cl. The van der Waals surface area contributed by atoms with Crippen LogP contribution in [0.15, 0.2) is 12.1 Å². The van der Waals surface area contributed by atoms with E-state index in [4.69, 9.17) is 25.8 Å². The van der Waals surface area contributed by atoms with E-state index in [0.717, 1.165) is 31.5 Å². The Labute approximate surface area is 173 Å². The van der Waals surface area contributed by atoms with E-state index in [-0.39, 0.29) is 5.97 Å². The minimum Gasteiger partial charge on any atom is -0.496 e. The number of ether oxygens (including phenoxy) is 3. The molecule has 0 aliphatic heterocycles. The van der Waals surface area contributed by atoms with Crippen LogP contribution < -0.4 is 9.64 Å². The number of methoxy groups -OCH3 is 1. The zero-order chi connectivity index (χ0) is 21.3. The molecule has 0 aliphatic rings. The Bertz CT molecular complexity index is 669. The molecule has 0 spiro atoms. The van der Waals surface area contributed by atoms with Crippen LogP contribution in [0.3, 0.4) is 0 Å². The van der Waals surface area contributed by atoms with Gasteiger partial charge in [0, 0.05) is 26.1 Å². The summed E-state index contributed by atoms with van der Waals surface area (Å²) < 4.78 is 15.7. The van der Waals surface area contributed by atoms with Crippen LogP contribution in [-0.4, -0.2) is 44.8 Å². The van der Waals surface area contributed by atoms with Gasteiger partial charge in [-0.1, -0.05) is 18.0 Å². The molecule has 0 fully saturated rings. The number of esters is 2. The summed E-state index contributed by atoms with van der Waals surface area (Å²) in [5, 5.41) is 0.454. The molecular formula is C21H32ClNO5. The lowest BCUT2D eigenvalue weighted by Gasteiger charge is -2.24. The van der Waals surface area contributed by atoms with Crippen LogP contribution in [0.5, 0.6) is 5.75 Å². The molecule has 0 aliphatic carbocycles. The van der Waals surface area contributed by atoms with Crippen molar-refractivity contribution in [3.05, 3.63) is 22.7 Å². The second-order valence-corrected chi connectivity index (χ2v) is 7.95. The molecule has 0 amide bonds. The van der Waals surface area contributed by atoms with E-state index in [1.165, 1.54) is 7.11 Å². The summed E-state index contributed by atoms with van der Waals surface area (Å²) in [6, 6.07) is 3.33. The molecule has 1 aromatic carbocycles. The molecule has 0 radical (unpaired) electrons. The van der Waals surface area contributed by atoms with Crippen molar-refractivity contribution in [3.63, 3.8) is 0 Å². The van der Waals surface area contributed by atoms with Crippen molar-refractivity contribution in [2.45, 2.75) is 59.0 Å². The number of nitrogens with zero attached hydrogens (tertiary/aromatic N) is 1. The van der Waals surface area contributed by atoms with Crippen molar-refractivity contribution in [3.8, 4) is 5.75 Å². The highest BCUT2D eigenvalue weighted by atomic mass is 35.5. The summed E-state index contributed by atoms with van der Waals surface area (Å²) in [5.74, 6) is -0.205. The third-order valence-electron chi connectivity index (χ3n) is 3.98. The van der Waals surface area contributed by atoms with Gasteiger partial charge in [-0.3, -0.25) is 4.79 Å². The highest BCUT2D eigenvalue weighted by Gasteiger charge is 2.23. The first-order valence-electron chi connectivity index (χ1n) is 9.56. The van der Waals surface area contributed by atoms with Gasteiger partial charge in [-0.05, 0) is 46.6 Å². The Kier molecular flexibility index (Phi) is 9.59. The number of carbonyl (C=O) groups is 2. The zero-order valence-electron chi connectivity index (χ0n) is 17.8. The molecule has 0 bridgehead atoms. The van der Waals surface area contributed by atoms with Crippen molar-refractivity contribution in [1.82, 2.24) is 0 Å². The molecule has 158 valence electrons. The predicted octanol–water partition coefficient (Wildman–Crippen LogP) is 4.86. The van der Waals surface area contributed by atoms with Gasteiger partial charge in [0.15, 0.2) is 0 Å². The van der Waals surface area contributed by atoms with Crippen molar-refractivity contribution in [2.75, 3.05) is 32.2 Å². The van der Waals surface area contributed by atoms with Gasteiger partial charge in [-0.2, -0.15) is 0 Å². The molecule has 1 rings (SSSR count). The van der Waals surface area contributed by atoms with Gasteiger partial charge in [0.05, 0.1) is 24.4 Å². The molecule has 0 aromatic heterocycles. The normalized spacial score (nSPS) is 11.1. The highest BCUT2D eigenvalue weighted by molar-refractivity contribution is 6.33. The van der Waals surface area contributed by atoms with E-state index in [9.17, 15) is 9.59 Å². The quantitative estimate of drug-likeness (QED) is 0.403. The third-order valence-corrected chi connectivity index (χ3v) is 4.28. The zero-order valence-corrected chi connectivity index (χ0v) is 18.5. The molecule has 1 aromatic rings. The first kappa shape index (κ1) is 24.1. The maximum absolute atomic E-state index is 12.4. The second-order valence-electron chi connectivity index (χ2n) is 7.54. The van der Waals surface area contributed by atoms with Crippen LogP contribution in [0.4, 0.5) is 5.69 Å². The molecule has 6 nitrogen and oxygen atoms in total. The lowest BCUT2D eigenvalue weighted by atomic mass is 10.1. The fourth-order valence-electron chi connectivity index (χ4n) is 2.65. The van der Waals surface area contributed by atoms with E-state index in [1.54, 1.807) is 19.1 Å². The van der Waals surface area contributed by atoms with Crippen molar-refractivity contribution < 1.29 is 23.8 Å². The Morgan fingerprint density at radius 2 is 1.82 bits per heavy atom. The van der Waals surface area contributed by atoms with Gasteiger partial charge < -0.3 is 19.1 Å². The largest absolute Gasteiger partial charge is 0.496 e. The van der Waals surface area contributed by atoms with Gasteiger partial charge >= 0.3 is 11.9 Å². The highest BCUT2D eigenvalue weighted by Crippen LogP contribution is 2.34. The van der Waals surface area contributed by atoms with Crippen LogP contribution in [0.25, 0.3) is 0 Å². The number of carbonyl (C=O) groups excluding carboxylic acids is 2. The fraction of sp³-hybridized carbons (Fsp3) is 0.619. The first-order chi connectivity index (χ1) is 13.1. The minimum atomic E-state index is -0.604. The topological polar surface area (TPSA) is 65.1 Å². The van der Waals surface area contributed by atoms with E-state index in [1.807, 2.05) is 32.7 Å². The number of rotatable bonds is 10. The second kappa shape index (κ2) is 11.1. The van der Waals surface area contributed by atoms with Crippen molar-refractivity contribution >= 4 is 29.2 Å². The van der Waals surface area contributed by atoms with Crippen LogP contribution in [0.2, 0.25) is 5.02 Å². The van der Waals surface area contributed by atoms with Crippen LogP contribution in [0, 0.1) is 0 Å². The number of hydrogen-bond acceptors (Lipinski definition) is 6. The Morgan fingerprint density at radius 3 is 2.39 bits per heavy atom. The Morgan fingerprint density at radius 1 is 1.14 bits per heavy atom. The molecule has 0 saturated heterocycles. The molecule has 0 heterocycles. The smallest absolute Gasteiger partial charge is 0.342 e. The van der Waals surface area contributed by atoms with Gasteiger partial charge in [-0.25, -0.2) is 4.79 Å². The first-order valence-corrected chi connectivity index (χ1v) is 9.94. The summed E-state index contributed by atoms with van der Waals surface area (Å²) in [6.07, 6.45) is 3.05. The lowest BCUT2D eigenvalue weighted by molar-refractivity contribution is -0.143. The van der Waals surface area contributed by atoms with Crippen LogP contribution in [0.1, 0.15) is 63.7 Å². The molecule has 7 heteroatoms. The van der Waals surface area contributed by atoms with Gasteiger partial charge in [0.1, 0.15) is 16.9 Å². The molecule has 28 heavy (non-hydrogen) atoms. The number of anilines is 1. The summed E-state index contributed by atoms with van der Waals surface area (Å²) in [7, 11) is 3.44. The summed E-state index contributed by atoms with van der Waals surface area (Å²) in [5.41, 5.74) is 0.471. The van der Waals surface area contributed by atoms with Crippen LogP contribution >= 0.6 is 11.6 Å². The summed E-state index contributed by atoms with van der Waals surface area (Å²) in [6.45, 7) is 8.41. The molecular weight excluding hydrogens is 382 g/mol. The van der Waals surface area contributed by atoms with E-state index in [2.05, 4.69) is 0 Å². The van der Waals surface area contributed by atoms with Crippen LogP contribution in [-0.2, 0) is 14.3 Å². The van der Waals surface area contributed by atoms with E-state index in [0.29, 0.717) is 29.4 Å². The maximum Gasteiger partial charge on any atom is 0.342 e. The van der Waals surface area contributed by atoms with Crippen molar-refractivity contribution in [1.29, 1.82) is 0 Å². The third kappa shape index (κ3) is 7.97. The molecule has 0 unspecified atom stereocenters. The average Bonchev–Trinajstić information content (AvgIpc) is 2.59. The van der Waals surface area contributed by atoms with Crippen molar-refractivity contribution in [2.24, 2.45) is 0 Å². The Hall–Kier alpha value is -1.95. The predicted molar refractivity (Wildman–Crippen MR) is 112 cm³/mol. The van der Waals surface area contributed by atoms with E-state index >= 15 is 0 Å². The van der Waals surface area contributed by atoms with Gasteiger partial charge in [-0.15, -0.1) is 0 Å².